The molecule has 12 heteroatoms. The third-order valence-corrected chi connectivity index (χ3v) is 6.99. The molecule has 1 saturated heterocycles. The van der Waals surface area contributed by atoms with Crippen LogP contribution in [0.15, 0.2) is 48.8 Å². The lowest BCUT2D eigenvalue weighted by Gasteiger charge is -2.42. The first kappa shape index (κ1) is 25.8. The van der Waals surface area contributed by atoms with E-state index < -0.39 is 18.1 Å². The zero-order valence-corrected chi connectivity index (χ0v) is 20.8. The van der Waals surface area contributed by atoms with Crippen LogP contribution < -0.4 is 0 Å². The van der Waals surface area contributed by atoms with Gasteiger partial charge in [0, 0.05) is 32.6 Å². The minimum atomic E-state index is -4.54. The van der Waals surface area contributed by atoms with Crippen LogP contribution in [-0.2, 0) is 28.8 Å². The number of alkyl halides is 3. The minimum Gasteiger partial charge on any atom is -0.459 e. The number of amides is 1. The second-order valence-electron chi connectivity index (χ2n) is 9.70. The lowest BCUT2D eigenvalue weighted by molar-refractivity contribution is -0.200. The van der Waals surface area contributed by atoms with E-state index in [9.17, 15) is 22.8 Å². The first-order chi connectivity index (χ1) is 18.2. The number of benzene rings is 2. The van der Waals surface area contributed by atoms with E-state index in [0.717, 1.165) is 16.0 Å². The molecule has 3 aromatic rings. The first-order valence-corrected chi connectivity index (χ1v) is 12.4. The first-order valence-electron chi connectivity index (χ1n) is 12.4. The molecule has 0 saturated carbocycles. The third kappa shape index (κ3) is 5.69. The number of fused-ring (bicyclic) bond motifs is 1. The van der Waals surface area contributed by atoms with E-state index in [1.54, 1.807) is 35.2 Å². The number of hydrogen-bond acceptors (Lipinski definition) is 7. The number of aromatic nitrogens is 4. The number of nitrogens with zero attached hydrogens (tertiary/aromatic N) is 6. The Labute approximate surface area is 217 Å². The molecule has 1 amide bonds. The van der Waals surface area contributed by atoms with Crippen molar-refractivity contribution < 1.29 is 27.5 Å². The van der Waals surface area contributed by atoms with E-state index in [2.05, 4.69) is 15.5 Å². The molecule has 2 atom stereocenters. The maximum absolute atomic E-state index is 14.0. The van der Waals surface area contributed by atoms with Crippen LogP contribution in [0.3, 0.4) is 0 Å². The van der Waals surface area contributed by atoms with Crippen LogP contribution in [-0.4, -0.2) is 86.4 Å². The van der Waals surface area contributed by atoms with Crippen LogP contribution in [0.1, 0.15) is 34.0 Å². The number of carbonyl (C=O) groups excluding carboxylic acids is 2. The summed E-state index contributed by atoms with van der Waals surface area (Å²) < 4.78 is 48.7. The van der Waals surface area contributed by atoms with Crippen LogP contribution in [0.5, 0.6) is 0 Å². The molecule has 200 valence electrons. The van der Waals surface area contributed by atoms with Gasteiger partial charge < -0.3 is 9.64 Å². The number of tetrazole rings is 1. The second-order valence-corrected chi connectivity index (χ2v) is 9.70. The molecule has 2 unspecified atom stereocenters. The molecule has 0 spiro atoms. The average Bonchev–Trinajstić information content (AvgIpc) is 3.42. The Bertz CT molecular complexity index is 1300. The molecular weight excluding hydrogens is 501 g/mol. The van der Waals surface area contributed by atoms with E-state index in [-0.39, 0.29) is 31.6 Å². The van der Waals surface area contributed by atoms with Gasteiger partial charge in [-0.3, -0.25) is 9.69 Å². The highest BCUT2D eigenvalue weighted by Gasteiger charge is 2.47. The summed E-state index contributed by atoms with van der Waals surface area (Å²) in [5, 5.41) is 10.9. The lowest BCUT2D eigenvalue weighted by Crippen LogP contribution is -2.61. The number of halogens is 3. The van der Waals surface area contributed by atoms with Gasteiger partial charge in [-0.05, 0) is 58.7 Å². The molecule has 0 radical (unpaired) electrons. The van der Waals surface area contributed by atoms with Crippen molar-refractivity contribution >= 4 is 11.9 Å². The van der Waals surface area contributed by atoms with Gasteiger partial charge in [-0.1, -0.05) is 24.3 Å². The molecule has 2 aromatic carbocycles. The Morgan fingerprint density at radius 3 is 2.58 bits per heavy atom. The summed E-state index contributed by atoms with van der Waals surface area (Å²) in [5.41, 5.74) is 3.70. The molecular formula is C26H27F3N6O3. The van der Waals surface area contributed by atoms with E-state index in [4.69, 9.17) is 4.74 Å². The molecule has 0 N–H and O–H groups in total. The molecule has 1 fully saturated rings. The highest BCUT2D eigenvalue weighted by atomic mass is 19.4. The van der Waals surface area contributed by atoms with Crippen molar-refractivity contribution in [2.75, 3.05) is 26.2 Å². The van der Waals surface area contributed by atoms with Gasteiger partial charge >= 0.3 is 12.1 Å². The van der Waals surface area contributed by atoms with Gasteiger partial charge in [-0.15, -0.1) is 5.10 Å². The van der Waals surface area contributed by atoms with Gasteiger partial charge in [0.2, 0.25) is 5.91 Å². The van der Waals surface area contributed by atoms with Crippen molar-refractivity contribution in [3.05, 3.63) is 71.0 Å². The molecule has 0 aliphatic carbocycles. The Morgan fingerprint density at radius 1 is 1.11 bits per heavy atom. The van der Waals surface area contributed by atoms with E-state index in [0.29, 0.717) is 42.7 Å². The highest BCUT2D eigenvalue weighted by Crippen LogP contribution is 2.29. The summed E-state index contributed by atoms with van der Waals surface area (Å²) in [6.07, 6.45) is -2.28. The van der Waals surface area contributed by atoms with Crippen molar-refractivity contribution in [1.29, 1.82) is 0 Å². The van der Waals surface area contributed by atoms with Crippen molar-refractivity contribution in [3.8, 4) is 5.69 Å². The van der Waals surface area contributed by atoms with Crippen LogP contribution in [0, 0.1) is 0 Å². The monoisotopic (exact) mass is 528 g/mol. The van der Waals surface area contributed by atoms with E-state index in [1.165, 1.54) is 11.0 Å². The number of cyclic esters (lactones) is 1. The quantitative estimate of drug-likeness (QED) is 0.454. The van der Waals surface area contributed by atoms with Crippen LogP contribution in [0.4, 0.5) is 13.2 Å². The number of carbonyl (C=O) groups is 2. The Balaban J connectivity index is 1.20. The summed E-state index contributed by atoms with van der Waals surface area (Å²) in [4.78, 5) is 27.7. The van der Waals surface area contributed by atoms with E-state index >= 15 is 0 Å². The third-order valence-electron chi connectivity index (χ3n) is 6.99. The molecule has 5 rings (SSSR count). The average molecular weight is 529 g/mol. The molecule has 9 nitrogen and oxygen atoms in total. The number of hydrogen-bond donors (Lipinski definition) is 0. The van der Waals surface area contributed by atoms with Crippen LogP contribution in [0.2, 0.25) is 0 Å². The summed E-state index contributed by atoms with van der Waals surface area (Å²) in [5.74, 6) is -0.902. The fourth-order valence-corrected chi connectivity index (χ4v) is 5.00. The molecule has 0 bridgehead atoms. The van der Waals surface area contributed by atoms with Crippen LogP contribution in [0.25, 0.3) is 5.69 Å². The second kappa shape index (κ2) is 10.5. The Kier molecular flexibility index (Phi) is 7.15. The highest BCUT2D eigenvalue weighted by molar-refractivity contribution is 5.92. The molecule has 1 aromatic heterocycles. The smallest absolute Gasteiger partial charge is 0.410 e. The van der Waals surface area contributed by atoms with Crippen molar-refractivity contribution in [2.24, 2.45) is 0 Å². The zero-order valence-electron chi connectivity index (χ0n) is 20.8. The SMILES string of the molecule is CC1Cc2cc(CCN3CCN(C(=O)Cc4ccc(-n5cnnn5)cc4)C(C(F)(F)F)C3)ccc2C(=O)O1. The topological polar surface area (TPSA) is 93.5 Å². The van der Waals surface area contributed by atoms with Gasteiger partial charge in [-0.2, -0.15) is 13.2 Å². The van der Waals surface area contributed by atoms with Crippen molar-refractivity contribution in [3.63, 3.8) is 0 Å². The number of piperazine rings is 1. The number of esters is 1. The number of rotatable bonds is 6. The fourth-order valence-electron chi connectivity index (χ4n) is 5.00. The summed E-state index contributed by atoms with van der Waals surface area (Å²) >= 11 is 0. The minimum absolute atomic E-state index is 0.000731. The number of ether oxygens (including phenoxy) is 1. The fraction of sp³-hybridized carbons (Fsp3) is 0.423. The summed E-state index contributed by atoms with van der Waals surface area (Å²) in [6.45, 7) is 2.33. The molecule has 3 heterocycles. The Morgan fingerprint density at radius 2 is 1.87 bits per heavy atom. The Hall–Kier alpha value is -3.80. The largest absolute Gasteiger partial charge is 0.459 e. The normalized spacial score (nSPS) is 20.2. The van der Waals surface area contributed by atoms with Gasteiger partial charge in [0.25, 0.3) is 0 Å². The van der Waals surface area contributed by atoms with Crippen molar-refractivity contribution in [2.45, 2.75) is 44.5 Å². The maximum Gasteiger partial charge on any atom is 0.410 e. The maximum atomic E-state index is 14.0. The van der Waals surface area contributed by atoms with Gasteiger partial charge in [0.15, 0.2) is 0 Å². The molecule has 2 aliphatic rings. The summed E-state index contributed by atoms with van der Waals surface area (Å²) in [7, 11) is 0. The van der Waals surface area contributed by atoms with E-state index in [1.807, 2.05) is 19.1 Å². The van der Waals surface area contributed by atoms with Gasteiger partial charge in [0.1, 0.15) is 18.5 Å². The molecule has 38 heavy (non-hydrogen) atoms. The predicted octanol–water partition coefficient (Wildman–Crippen LogP) is 2.62. The van der Waals surface area contributed by atoms with Crippen molar-refractivity contribution in [1.82, 2.24) is 30.0 Å². The van der Waals surface area contributed by atoms with Crippen LogP contribution >= 0.6 is 0 Å². The molecule has 2 aliphatic heterocycles. The van der Waals surface area contributed by atoms with Gasteiger partial charge in [0.05, 0.1) is 17.7 Å². The zero-order chi connectivity index (χ0) is 26.9. The van der Waals surface area contributed by atoms with Gasteiger partial charge in [-0.25, -0.2) is 9.48 Å². The summed E-state index contributed by atoms with van der Waals surface area (Å²) in [6, 6.07) is 10.4. The lowest BCUT2D eigenvalue weighted by atomic mass is 9.96. The standard InChI is InChI=1S/C26H27F3N6O3/c1-17-12-20-13-19(4-7-22(20)25(37)38-17)8-9-33-10-11-34(23(15-33)26(27,28)29)24(36)14-18-2-5-21(6-3-18)35-16-30-31-32-35/h2-7,13,16-17,23H,8-12,14-15H2,1H3. The predicted molar refractivity (Wildman–Crippen MR) is 130 cm³/mol.